The van der Waals surface area contributed by atoms with Crippen LogP contribution in [-0.2, 0) is 11.3 Å². The SMILES string of the molecule is COc1ccc(-c2ccc(C#N)cc2)cc1CN[C@H]1CCN(C(C)=O)C[C@H]1c1ccccc1.Cl. The Labute approximate surface area is 207 Å². The molecule has 1 heterocycles. The standard InChI is InChI=1S/C28H29N3O2.ClH/c1-20(32)31-15-14-27(26(19-31)23-6-4-3-5-7-23)30-18-25-16-24(12-13-28(25)33-2)22-10-8-21(17-29)9-11-22;/h3-13,16,26-27,30H,14-15,18-19H2,1-2H3;1H/t26-,27-;/m0./s1. The number of hydrogen-bond donors (Lipinski definition) is 1. The molecule has 1 amide bonds. The molecule has 34 heavy (non-hydrogen) atoms. The average molecular weight is 476 g/mol. The van der Waals surface area contributed by atoms with E-state index in [1.807, 2.05) is 47.4 Å². The minimum absolute atomic E-state index is 0. The molecule has 0 bridgehead atoms. The summed E-state index contributed by atoms with van der Waals surface area (Å²) in [7, 11) is 1.69. The molecule has 3 aromatic carbocycles. The van der Waals surface area contributed by atoms with E-state index in [9.17, 15) is 4.79 Å². The topological polar surface area (TPSA) is 65.4 Å². The summed E-state index contributed by atoms with van der Waals surface area (Å²) in [5.74, 6) is 1.21. The molecule has 3 aromatic rings. The number of hydrogen-bond acceptors (Lipinski definition) is 4. The summed E-state index contributed by atoms with van der Waals surface area (Å²) in [6.07, 6.45) is 0.900. The molecular weight excluding hydrogens is 446 g/mol. The monoisotopic (exact) mass is 475 g/mol. The zero-order valence-corrected chi connectivity index (χ0v) is 20.3. The highest BCUT2D eigenvalue weighted by Gasteiger charge is 2.31. The van der Waals surface area contributed by atoms with Gasteiger partial charge in [-0.2, -0.15) is 5.26 Å². The van der Waals surface area contributed by atoms with Crippen LogP contribution >= 0.6 is 12.4 Å². The highest BCUT2D eigenvalue weighted by atomic mass is 35.5. The van der Waals surface area contributed by atoms with E-state index in [-0.39, 0.29) is 30.3 Å². The number of halogens is 1. The quantitative estimate of drug-likeness (QED) is 0.535. The van der Waals surface area contributed by atoms with Crippen LogP contribution in [0.2, 0.25) is 0 Å². The van der Waals surface area contributed by atoms with Gasteiger partial charge >= 0.3 is 0 Å². The van der Waals surface area contributed by atoms with Gasteiger partial charge in [0.1, 0.15) is 5.75 Å². The molecular formula is C28H30ClN3O2. The van der Waals surface area contributed by atoms with E-state index in [0.29, 0.717) is 12.1 Å². The third-order valence-corrected chi connectivity index (χ3v) is 6.47. The zero-order valence-electron chi connectivity index (χ0n) is 19.5. The Morgan fingerprint density at radius 2 is 1.79 bits per heavy atom. The number of methoxy groups -OCH3 is 1. The van der Waals surface area contributed by atoms with Gasteiger partial charge in [-0.1, -0.05) is 48.5 Å². The fraction of sp³-hybridized carbons (Fsp3) is 0.286. The highest BCUT2D eigenvalue weighted by Crippen LogP contribution is 2.30. The van der Waals surface area contributed by atoms with Crippen molar-refractivity contribution in [2.75, 3.05) is 20.2 Å². The molecule has 1 aliphatic rings. The van der Waals surface area contributed by atoms with Gasteiger partial charge in [0.05, 0.1) is 18.7 Å². The number of ether oxygens (including phenoxy) is 1. The predicted molar refractivity (Wildman–Crippen MR) is 137 cm³/mol. The lowest BCUT2D eigenvalue weighted by Crippen LogP contribution is -2.49. The highest BCUT2D eigenvalue weighted by molar-refractivity contribution is 5.85. The van der Waals surface area contributed by atoms with E-state index in [0.717, 1.165) is 42.0 Å². The summed E-state index contributed by atoms with van der Waals surface area (Å²) < 4.78 is 5.64. The zero-order chi connectivity index (χ0) is 23.2. The first-order valence-electron chi connectivity index (χ1n) is 11.3. The second-order valence-corrected chi connectivity index (χ2v) is 8.47. The average Bonchev–Trinajstić information content (AvgIpc) is 2.87. The maximum absolute atomic E-state index is 12.0. The van der Waals surface area contributed by atoms with Gasteiger partial charge in [0, 0.05) is 44.1 Å². The normalized spacial score (nSPS) is 17.4. The van der Waals surface area contributed by atoms with Gasteiger partial charge < -0.3 is 15.0 Å². The fourth-order valence-corrected chi connectivity index (χ4v) is 4.59. The summed E-state index contributed by atoms with van der Waals surface area (Å²) in [5.41, 5.74) is 5.13. The number of rotatable bonds is 6. The van der Waals surface area contributed by atoms with Crippen LogP contribution in [-0.4, -0.2) is 37.0 Å². The first kappa shape index (κ1) is 25.3. The van der Waals surface area contributed by atoms with Crippen LogP contribution < -0.4 is 10.1 Å². The molecule has 0 aliphatic carbocycles. The summed E-state index contributed by atoms with van der Waals surface area (Å²) in [6, 6.07) is 26.7. The third-order valence-electron chi connectivity index (χ3n) is 6.47. The first-order chi connectivity index (χ1) is 16.1. The van der Waals surface area contributed by atoms with Crippen LogP contribution in [0.5, 0.6) is 5.75 Å². The van der Waals surface area contributed by atoms with Gasteiger partial charge in [-0.25, -0.2) is 0 Å². The van der Waals surface area contributed by atoms with Gasteiger partial charge in [0.2, 0.25) is 5.91 Å². The van der Waals surface area contributed by atoms with E-state index >= 15 is 0 Å². The number of benzene rings is 3. The van der Waals surface area contributed by atoms with Crippen LogP contribution in [0, 0.1) is 11.3 Å². The molecule has 2 atom stereocenters. The Hall–Kier alpha value is -3.33. The van der Waals surface area contributed by atoms with E-state index in [2.05, 4.69) is 41.7 Å². The van der Waals surface area contributed by atoms with Gasteiger partial charge in [-0.05, 0) is 47.4 Å². The number of carbonyl (C=O) groups is 1. The summed E-state index contributed by atoms with van der Waals surface area (Å²) in [5, 5.41) is 12.8. The minimum atomic E-state index is 0. The molecule has 6 heteroatoms. The smallest absolute Gasteiger partial charge is 0.219 e. The second kappa shape index (κ2) is 11.7. The van der Waals surface area contributed by atoms with Gasteiger partial charge in [-0.15, -0.1) is 12.4 Å². The molecule has 176 valence electrons. The lowest BCUT2D eigenvalue weighted by atomic mass is 9.85. The fourth-order valence-electron chi connectivity index (χ4n) is 4.59. The van der Waals surface area contributed by atoms with Crippen LogP contribution in [0.15, 0.2) is 72.8 Å². The minimum Gasteiger partial charge on any atom is -0.496 e. The van der Waals surface area contributed by atoms with Crippen molar-refractivity contribution in [1.82, 2.24) is 10.2 Å². The van der Waals surface area contributed by atoms with Crippen LogP contribution in [0.4, 0.5) is 0 Å². The predicted octanol–water partition coefficient (Wildman–Crippen LogP) is 5.15. The number of likely N-dealkylation sites (tertiary alicyclic amines) is 1. The number of amides is 1. The van der Waals surface area contributed by atoms with Crippen LogP contribution in [0.25, 0.3) is 11.1 Å². The molecule has 1 saturated heterocycles. The molecule has 1 N–H and O–H groups in total. The summed E-state index contributed by atoms with van der Waals surface area (Å²) in [6.45, 7) is 3.80. The number of nitriles is 1. The second-order valence-electron chi connectivity index (χ2n) is 8.47. The van der Waals surface area contributed by atoms with E-state index in [1.54, 1.807) is 14.0 Å². The summed E-state index contributed by atoms with van der Waals surface area (Å²) in [4.78, 5) is 14.0. The number of piperidine rings is 1. The van der Waals surface area contributed by atoms with Crippen molar-refractivity contribution < 1.29 is 9.53 Å². The first-order valence-corrected chi connectivity index (χ1v) is 11.3. The Morgan fingerprint density at radius 3 is 2.44 bits per heavy atom. The molecule has 1 aliphatic heterocycles. The number of nitrogens with zero attached hydrogens (tertiary/aromatic N) is 2. The molecule has 1 fully saturated rings. The lowest BCUT2D eigenvalue weighted by molar-refractivity contribution is -0.130. The van der Waals surface area contributed by atoms with Crippen molar-refractivity contribution in [2.45, 2.75) is 31.8 Å². The molecule has 0 saturated carbocycles. The molecule has 5 nitrogen and oxygen atoms in total. The van der Waals surface area contributed by atoms with Crippen molar-refractivity contribution in [3.8, 4) is 22.9 Å². The number of carbonyl (C=O) groups excluding carboxylic acids is 1. The van der Waals surface area contributed by atoms with E-state index < -0.39 is 0 Å². The van der Waals surface area contributed by atoms with Gasteiger partial charge in [-0.3, -0.25) is 4.79 Å². The van der Waals surface area contributed by atoms with Gasteiger partial charge in [0.25, 0.3) is 0 Å². The number of nitrogens with one attached hydrogen (secondary N) is 1. The van der Waals surface area contributed by atoms with Crippen molar-refractivity contribution in [2.24, 2.45) is 0 Å². The maximum Gasteiger partial charge on any atom is 0.219 e. The Bertz CT molecular complexity index is 1140. The molecule has 0 radical (unpaired) electrons. The maximum atomic E-state index is 12.0. The van der Waals surface area contributed by atoms with E-state index in [1.165, 1.54) is 5.56 Å². The summed E-state index contributed by atoms with van der Waals surface area (Å²) >= 11 is 0. The molecule has 0 spiro atoms. The molecule has 0 unspecified atom stereocenters. The van der Waals surface area contributed by atoms with Crippen molar-refractivity contribution in [3.63, 3.8) is 0 Å². The van der Waals surface area contributed by atoms with E-state index in [4.69, 9.17) is 10.00 Å². The molecule has 4 rings (SSSR count). The Kier molecular flexibility index (Phi) is 8.70. The van der Waals surface area contributed by atoms with Crippen LogP contribution in [0.1, 0.15) is 36.0 Å². The van der Waals surface area contributed by atoms with Crippen molar-refractivity contribution >= 4 is 18.3 Å². The van der Waals surface area contributed by atoms with Crippen LogP contribution in [0.3, 0.4) is 0 Å². The Balaban J connectivity index is 0.00000324. The molecule has 0 aromatic heterocycles. The lowest BCUT2D eigenvalue weighted by Gasteiger charge is -2.39. The third kappa shape index (κ3) is 5.77. The van der Waals surface area contributed by atoms with Crippen molar-refractivity contribution in [3.05, 3.63) is 89.5 Å². The Morgan fingerprint density at radius 1 is 1.09 bits per heavy atom. The van der Waals surface area contributed by atoms with Crippen molar-refractivity contribution in [1.29, 1.82) is 5.26 Å². The van der Waals surface area contributed by atoms with Gasteiger partial charge in [0.15, 0.2) is 0 Å². The largest absolute Gasteiger partial charge is 0.496 e.